The van der Waals surface area contributed by atoms with Crippen LogP contribution in [0.4, 0.5) is 0 Å². The van der Waals surface area contributed by atoms with Crippen LogP contribution in [-0.2, 0) is 9.63 Å². The maximum absolute atomic E-state index is 10.5. The Balaban J connectivity index is 3.34. The van der Waals surface area contributed by atoms with Gasteiger partial charge in [-0.15, -0.1) is 5.06 Å². The Morgan fingerprint density at radius 2 is 2.11 bits per heavy atom. The van der Waals surface area contributed by atoms with Crippen molar-refractivity contribution in [1.82, 2.24) is 5.06 Å². The molecule has 0 aromatic heterocycles. The van der Waals surface area contributed by atoms with E-state index in [0.29, 0.717) is 6.42 Å². The average molecular weight is 131 g/mol. The Morgan fingerprint density at radius 3 is 2.44 bits per heavy atom. The van der Waals surface area contributed by atoms with Crippen molar-refractivity contribution in [3.63, 3.8) is 0 Å². The van der Waals surface area contributed by atoms with Gasteiger partial charge in [-0.25, -0.2) is 0 Å². The predicted octanol–water partition coefficient (Wildman–Crippen LogP) is 0.806. The molecule has 0 aromatic rings. The van der Waals surface area contributed by atoms with Gasteiger partial charge in [0.25, 0.3) is 0 Å². The highest BCUT2D eigenvalue weighted by atomic mass is 16.7. The summed E-state index contributed by atoms with van der Waals surface area (Å²) < 4.78 is 0. The topological polar surface area (TPSA) is 29.5 Å². The Hall–Kier alpha value is -0.570. The Bertz CT molecular complexity index is 93.1. The molecule has 0 unspecified atom stereocenters. The normalized spacial score (nSPS) is 9.78. The van der Waals surface area contributed by atoms with Gasteiger partial charge in [-0.2, -0.15) is 0 Å². The molecule has 54 valence electrons. The number of rotatable bonds is 3. The predicted molar refractivity (Wildman–Crippen MR) is 34.7 cm³/mol. The zero-order chi connectivity index (χ0) is 7.28. The van der Waals surface area contributed by atoms with Gasteiger partial charge in [0.15, 0.2) is 0 Å². The second kappa shape index (κ2) is 4.32. The fourth-order valence-corrected chi connectivity index (χ4v) is 0.303. The molecule has 0 aliphatic rings. The molecule has 3 heteroatoms. The van der Waals surface area contributed by atoms with Crippen LogP contribution in [0.1, 0.15) is 20.3 Å². The van der Waals surface area contributed by atoms with E-state index in [1.807, 2.05) is 6.92 Å². The van der Waals surface area contributed by atoms with Gasteiger partial charge in [0, 0.05) is 20.0 Å². The van der Waals surface area contributed by atoms with Gasteiger partial charge < -0.3 is 4.84 Å². The molecule has 3 nitrogen and oxygen atoms in total. The second-order valence-electron chi connectivity index (χ2n) is 1.76. The number of carbonyl (C=O) groups is 1. The van der Waals surface area contributed by atoms with Crippen molar-refractivity contribution in [1.29, 1.82) is 0 Å². The minimum Gasteiger partial charge on any atom is -0.368 e. The third-order valence-corrected chi connectivity index (χ3v) is 0.992. The van der Waals surface area contributed by atoms with E-state index in [9.17, 15) is 4.79 Å². The van der Waals surface area contributed by atoms with Crippen molar-refractivity contribution >= 4 is 5.97 Å². The van der Waals surface area contributed by atoms with Crippen LogP contribution in [0.25, 0.3) is 0 Å². The SMILES string of the molecule is CCC(=O)ON(C)CC. The lowest BCUT2D eigenvalue weighted by Crippen LogP contribution is -2.21. The van der Waals surface area contributed by atoms with Crippen LogP contribution in [0.3, 0.4) is 0 Å². The lowest BCUT2D eigenvalue weighted by Gasteiger charge is -2.11. The third kappa shape index (κ3) is 3.97. The Labute approximate surface area is 55.6 Å². The summed E-state index contributed by atoms with van der Waals surface area (Å²) in [5.41, 5.74) is 0. The fraction of sp³-hybridized carbons (Fsp3) is 0.833. The number of carbonyl (C=O) groups excluding carboxylic acids is 1. The molecule has 9 heavy (non-hydrogen) atoms. The monoisotopic (exact) mass is 131 g/mol. The maximum atomic E-state index is 10.5. The zero-order valence-corrected chi connectivity index (χ0v) is 6.18. The van der Waals surface area contributed by atoms with Crippen molar-refractivity contribution in [2.45, 2.75) is 20.3 Å². The van der Waals surface area contributed by atoms with E-state index < -0.39 is 0 Å². The summed E-state index contributed by atoms with van der Waals surface area (Å²) in [6, 6.07) is 0. The summed E-state index contributed by atoms with van der Waals surface area (Å²) in [5.74, 6) is -0.181. The highest BCUT2D eigenvalue weighted by molar-refractivity contribution is 5.68. The summed E-state index contributed by atoms with van der Waals surface area (Å²) in [6.45, 7) is 4.42. The quantitative estimate of drug-likeness (QED) is 0.531. The van der Waals surface area contributed by atoms with E-state index in [2.05, 4.69) is 0 Å². The summed E-state index contributed by atoms with van der Waals surface area (Å²) in [5, 5.41) is 1.51. The lowest BCUT2D eigenvalue weighted by molar-refractivity contribution is -0.182. The van der Waals surface area contributed by atoms with Crippen molar-refractivity contribution in [3.05, 3.63) is 0 Å². The van der Waals surface area contributed by atoms with Gasteiger partial charge in [0.2, 0.25) is 0 Å². The first-order valence-corrected chi connectivity index (χ1v) is 3.12. The first-order chi connectivity index (χ1) is 4.20. The van der Waals surface area contributed by atoms with Crippen LogP contribution in [-0.4, -0.2) is 24.6 Å². The van der Waals surface area contributed by atoms with E-state index in [4.69, 9.17) is 4.84 Å². The van der Waals surface area contributed by atoms with E-state index in [-0.39, 0.29) is 5.97 Å². The number of hydroxylamine groups is 2. The maximum Gasteiger partial charge on any atom is 0.324 e. The lowest BCUT2D eigenvalue weighted by atomic mass is 10.5. The number of hydrogen-bond donors (Lipinski definition) is 0. The largest absolute Gasteiger partial charge is 0.368 e. The van der Waals surface area contributed by atoms with Crippen LogP contribution < -0.4 is 0 Å². The van der Waals surface area contributed by atoms with E-state index in [1.165, 1.54) is 5.06 Å². The molecular weight excluding hydrogens is 118 g/mol. The molecule has 0 radical (unpaired) electrons. The van der Waals surface area contributed by atoms with Crippen LogP contribution in [0, 0.1) is 0 Å². The molecule has 0 N–H and O–H groups in total. The Kier molecular flexibility index (Phi) is 4.05. The van der Waals surface area contributed by atoms with Gasteiger partial charge in [-0.3, -0.25) is 4.79 Å². The smallest absolute Gasteiger partial charge is 0.324 e. The molecule has 0 rings (SSSR count). The molecule has 0 fully saturated rings. The molecule has 0 amide bonds. The minimum atomic E-state index is -0.181. The van der Waals surface area contributed by atoms with Crippen molar-refractivity contribution in [2.75, 3.05) is 13.6 Å². The summed E-state index contributed by atoms with van der Waals surface area (Å²) in [6.07, 6.45) is 0.435. The van der Waals surface area contributed by atoms with E-state index in [0.717, 1.165) is 6.54 Å². The van der Waals surface area contributed by atoms with E-state index >= 15 is 0 Å². The number of nitrogens with zero attached hydrogens (tertiary/aromatic N) is 1. The van der Waals surface area contributed by atoms with Crippen molar-refractivity contribution in [3.8, 4) is 0 Å². The van der Waals surface area contributed by atoms with Gasteiger partial charge in [0.1, 0.15) is 0 Å². The van der Waals surface area contributed by atoms with Crippen LogP contribution >= 0.6 is 0 Å². The Morgan fingerprint density at radius 1 is 1.56 bits per heavy atom. The van der Waals surface area contributed by atoms with Crippen molar-refractivity contribution in [2.24, 2.45) is 0 Å². The highest BCUT2D eigenvalue weighted by Gasteiger charge is 2.00. The first kappa shape index (κ1) is 8.43. The summed E-state index contributed by atoms with van der Waals surface area (Å²) in [7, 11) is 1.73. The molecule has 0 bridgehead atoms. The second-order valence-corrected chi connectivity index (χ2v) is 1.76. The molecule has 0 aliphatic heterocycles. The van der Waals surface area contributed by atoms with Crippen molar-refractivity contribution < 1.29 is 9.63 Å². The molecule has 0 spiro atoms. The molecular formula is C6H13NO2. The molecule has 0 aromatic carbocycles. The standard InChI is InChI=1S/C6H13NO2/c1-4-6(8)9-7(3)5-2/h4-5H2,1-3H3. The molecule has 0 saturated carbocycles. The fourth-order valence-electron chi connectivity index (χ4n) is 0.303. The zero-order valence-electron chi connectivity index (χ0n) is 6.18. The molecule has 0 atom stereocenters. The van der Waals surface area contributed by atoms with Crippen LogP contribution in [0.2, 0.25) is 0 Å². The molecule has 0 heterocycles. The summed E-state index contributed by atoms with van der Waals surface area (Å²) >= 11 is 0. The van der Waals surface area contributed by atoms with Gasteiger partial charge >= 0.3 is 5.97 Å². The van der Waals surface area contributed by atoms with E-state index in [1.54, 1.807) is 14.0 Å². The molecule has 0 aliphatic carbocycles. The van der Waals surface area contributed by atoms with Gasteiger partial charge in [-0.05, 0) is 6.92 Å². The van der Waals surface area contributed by atoms with Crippen LogP contribution in [0.5, 0.6) is 0 Å². The van der Waals surface area contributed by atoms with Gasteiger partial charge in [-0.1, -0.05) is 6.92 Å². The number of hydrogen-bond acceptors (Lipinski definition) is 3. The third-order valence-electron chi connectivity index (χ3n) is 0.992. The minimum absolute atomic E-state index is 0.181. The molecule has 0 saturated heterocycles. The highest BCUT2D eigenvalue weighted by Crippen LogP contribution is 1.87. The summed E-state index contributed by atoms with van der Waals surface area (Å²) in [4.78, 5) is 15.3. The van der Waals surface area contributed by atoms with Gasteiger partial charge in [0.05, 0.1) is 0 Å². The first-order valence-electron chi connectivity index (χ1n) is 3.12. The van der Waals surface area contributed by atoms with Crippen LogP contribution in [0.15, 0.2) is 0 Å². The average Bonchev–Trinajstić information content (AvgIpc) is 1.87.